The fraction of sp³-hybridized carbons (Fsp3) is 0.375. The van der Waals surface area contributed by atoms with E-state index in [1.165, 1.54) is 0 Å². The molecule has 2 N–H and O–H groups in total. The van der Waals surface area contributed by atoms with Gasteiger partial charge in [-0.25, -0.2) is 0 Å². The fourth-order valence-electron chi connectivity index (χ4n) is 2.42. The van der Waals surface area contributed by atoms with E-state index in [2.05, 4.69) is 16.9 Å². The molecule has 0 aliphatic heterocycles. The van der Waals surface area contributed by atoms with Crippen molar-refractivity contribution < 1.29 is 9.47 Å². The molecule has 0 aliphatic carbocycles. The van der Waals surface area contributed by atoms with Crippen molar-refractivity contribution in [3.63, 3.8) is 0 Å². The highest BCUT2D eigenvalue weighted by Gasteiger charge is 2.13. The Bertz CT molecular complexity index is 765. The van der Waals surface area contributed by atoms with Crippen LogP contribution in [0.25, 0.3) is 0 Å². The Kier molecular flexibility index (Phi) is 5.38. The van der Waals surface area contributed by atoms with Crippen molar-refractivity contribution in [3.8, 4) is 11.5 Å². The Morgan fingerprint density at radius 3 is 2.59 bits per heavy atom. The molecule has 118 valence electrons. The third-order valence-corrected chi connectivity index (χ3v) is 3.69. The molecule has 0 aliphatic rings. The zero-order valence-corrected chi connectivity index (χ0v) is 13.8. The first kappa shape index (κ1) is 16.3. The predicted octanol–water partition coefficient (Wildman–Crippen LogP) is 2.99. The summed E-state index contributed by atoms with van der Waals surface area (Å²) in [6.45, 7) is 2.06. The lowest BCUT2D eigenvalue weighted by Crippen LogP contribution is -2.18. The second-order valence-corrected chi connectivity index (χ2v) is 5.38. The molecule has 2 rings (SSSR count). The molecule has 22 heavy (non-hydrogen) atoms. The van der Waals surface area contributed by atoms with Gasteiger partial charge in [-0.1, -0.05) is 13.3 Å². The SMILES string of the molecule is CCCc1[nH]c(=S)[nH]c(=O)c1Cc1cc(OC)ccc1OC. The van der Waals surface area contributed by atoms with Crippen LogP contribution in [-0.2, 0) is 12.8 Å². The second-order valence-electron chi connectivity index (χ2n) is 4.97. The predicted molar refractivity (Wildman–Crippen MR) is 88.6 cm³/mol. The molecule has 0 amide bonds. The summed E-state index contributed by atoms with van der Waals surface area (Å²) in [5.41, 5.74) is 2.30. The summed E-state index contributed by atoms with van der Waals surface area (Å²) in [6.07, 6.45) is 2.16. The molecule has 1 aromatic heterocycles. The van der Waals surface area contributed by atoms with Gasteiger partial charge in [-0.3, -0.25) is 9.78 Å². The van der Waals surface area contributed by atoms with Crippen molar-refractivity contribution in [1.82, 2.24) is 9.97 Å². The highest BCUT2D eigenvalue weighted by molar-refractivity contribution is 7.71. The normalized spacial score (nSPS) is 10.5. The zero-order chi connectivity index (χ0) is 16.1. The molecule has 2 aromatic rings. The molecular weight excluding hydrogens is 300 g/mol. The summed E-state index contributed by atoms with van der Waals surface area (Å²) >= 11 is 5.06. The van der Waals surface area contributed by atoms with Crippen LogP contribution in [-0.4, -0.2) is 24.2 Å². The highest BCUT2D eigenvalue weighted by Crippen LogP contribution is 2.26. The van der Waals surface area contributed by atoms with E-state index in [0.717, 1.165) is 35.6 Å². The largest absolute Gasteiger partial charge is 0.497 e. The van der Waals surface area contributed by atoms with Gasteiger partial charge in [0.1, 0.15) is 11.5 Å². The van der Waals surface area contributed by atoms with Gasteiger partial charge in [0.2, 0.25) is 0 Å². The van der Waals surface area contributed by atoms with Crippen LogP contribution in [0.3, 0.4) is 0 Å². The number of rotatable bonds is 6. The van der Waals surface area contributed by atoms with Crippen LogP contribution in [0.2, 0.25) is 0 Å². The average molecular weight is 320 g/mol. The van der Waals surface area contributed by atoms with Gasteiger partial charge in [0.25, 0.3) is 5.56 Å². The number of benzene rings is 1. The van der Waals surface area contributed by atoms with Crippen molar-refractivity contribution in [3.05, 3.63) is 50.1 Å². The van der Waals surface area contributed by atoms with Gasteiger partial charge in [0, 0.05) is 23.2 Å². The Balaban J connectivity index is 2.50. The van der Waals surface area contributed by atoms with Gasteiger partial charge in [0.05, 0.1) is 14.2 Å². The molecule has 1 heterocycles. The number of aromatic amines is 2. The minimum atomic E-state index is -0.155. The number of H-pyrrole nitrogens is 2. The van der Waals surface area contributed by atoms with Crippen LogP contribution < -0.4 is 15.0 Å². The van der Waals surface area contributed by atoms with Gasteiger partial charge in [0.15, 0.2) is 4.77 Å². The summed E-state index contributed by atoms with van der Waals surface area (Å²) in [4.78, 5) is 18.0. The number of aryl methyl sites for hydroxylation is 1. The molecule has 0 spiro atoms. The first-order chi connectivity index (χ1) is 10.6. The van der Waals surface area contributed by atoms with Crippen molar-refractivity contribution in [1.29, 1.82) is 0 Å². The number of methoxy groups -OCH3 is 2. The van der Waals surface area contributed by atoms with E-state index in [9.17, 15) is 4.79 Å². The maximum Gasteiger partial charge on any atom is 0.255 e. The summed E-state index contributed by atoms with van der Waals surface area (Å²) in [7, 11) is 3.22. The van der Waals surface area contributed by atoms with Crippen LogP contribution >= 0.6 is 12.2 Å². The Morgan fingerprint density at radius 1 is 1.18 bits per heavy atom. The number of nitrogens with one attached hydrogen (secondary N) is 2. The number of ether oxygens (including phenoxy) is 2. The molecular formula is C16H20N2O3S. The Morgan fingerprint density at radius 2 is 1.95 bits per heavy atom. The summed E-state index contributed by atoms with van der Waals surface area (Å²) in [5, 5.41) is 0. The van der Waals surface area contributed by atoms with Crippen LogP contribution in [0.4, 0.5) is 0 Å². The first-order valence-electron chi connectivity index (χ1n) is 7.14. The monoisotopic (exact) mass is 320 g/mol. The molecule has 6 heteroatoms. The number of hydrogen-bond acceptors (Lipinski definition) is 4. The molecule has 0 saturated heterocycles. The van der Waals surface area contributed by atoms with E-state index in [0.29, 0.717) is 16.8 Å². The number of hydrogen-bond donors (Lipinski definition) is 2. The van der Waals surface area contributed by atoms with E-state index >= 15 is 0 Å². The first-order valence-corrected chi connectivity index (χ1v) is 7.55. The van der Waals surface area contributed by atoms with Crippen molar-refractivity contribution in [2.75, 3.05) is 14.2 Å². The molecule has 0 bridgehead atoms. The van der Waals surface area contributed by atoms with Crippen LogP contribution in [0.15, 0.2) is 23.0 Å². The molecule has 1 aromatic carbocycles. The lowest BCUT2D eigenvalue weighted by atomic mass is 10.0. The van der Waals surface area contributed by atoms with Crippen LogP contribution in [0.1, 0.15) is 30.2 Å². The third kappa shape index (κ3) is 3.57. The standard InChI is InChI=1S/C16H20N2O3S/c1-4-5-13-12(15(19)18-16(22)17-13)9-10-8-11(20-2)6-7-14(10)21-3/h6-8H,4-5,9H2,1-3H3,(H2,17,18,19,22). The third-order valence-electron chi connectivity index (χ3n) is 3.48. The quantitative estimate of drug-likeness (QED) is 0.803. The van der Waals surface area contributed by atoms with E-state index in [1.807, 2.05) is 18.2 Å². The fourth-order valence-corrected chi connectivity index (χ4v) is 2.64. The van der Waals surface area contributed by atoms with Crippen LogP contribution in [0.5, 0.6) is 11.5 Å². The van der Waals surface area contributed by atoms with Gasteiger partial charge >= 0.3 is 0 Å². The van der Waals surface area contributed by atoms with Crippen molar-refractivity contribution in [2.24, 2.45) is 0 Å². The lowest BCUT2D eigenvalue weighted by molar-refractivity contribution is 0.399. The summed E-state index contributed by atoms with van der Waals surface area (Å²) in [5.74, 6) is 1.46. The summed E-state index contributed by atoms with van der Waals surface area (Å²) < 4.78 is 11.0. The lowest BCUT2D eigenvalue weighted by Gasteiger charge is -2.12. The van der Waals surface area contributed by atoms with Crippen LogP contribution in [0, 0.1) is 4.77 Å². The molecule has 5 nitrogen and oxygen atoms in total. The van der Waals surface area contributed by atoms with E-state index in [4.69, 9.17) is 21.7 Å². The topological polar surface area (TPSA) is 67.1 Å². The summed E-state index contributed by atoms with van der Waals surface area (Å²) in [6, 6.07) is 5.56. The van der Waals surface area contributed by atoms with E-state index in [-0.39, 0.29) is 5.56 Å². The Hall–Kier alpha value is -2.08. The minimum Gasteiger partial charge on any atom is -0.497 e. The molecule has 0 fully saturated rings. The Labute approximate surface area is 134 Å². The van der Waals surface area contributed by atoms with Crippen molar-refractivity contribution in [2.45, 2.75) is 26.2 Å². The van der Waals surface area contributed by atoms with Gasteiger partial charge in [-0.05, 0) is 36.8 Å². The molecule has 0 unspecified atom stereocenters. The highest BCUT2D eigenvalue weighted by atomic mass is 32.1. The van der Waals surface area contributed by atoms with Gasteiger partial charge in [-0.15, -0.1) is 0 Å². The average Bonchev–Trinajstić information content (AvgIpc) is 2.50. The maximum absolute atomic E-state index is 12.3. The molecule has 0 atom stereocenters. The minimum absolute atomic E-state index is 0.155. The smallest absolute Gasteiger partial charge is 0.255 e. The van der Waals surface area contributed by atoms with Crippen molar-refractivity contribution >= 4 is 12.2 Å². The van der Waals surface area contributed by atoms with Gasteiger partial charge < -0.3 is 14.5 Å². The second kappa shape index (κ2) is 7.26. The zero-order valence-electron chi connectivity index (χ0n) is 13.0. The van der Waals surface area contributed by atoms with Gasteiger partial charge in [-0.2, -0.15) is 0 Å². The number of aromatic nitrogens is 2. The van der Waals surface area contributed by atoms with E-state index in [1.54, 1.807) is 14.2 Å². The molecule has 0 radical (unpaired) electrons. The van der Waals surface area contributed by atoms with E-state index < -0.39 is 0 Å². The molecule has 0 saturated carbocycles. The maximum atomic E-state index is 12.3.